The van der Waals surface area contributed by atoms with E-state index in [-0.39, 0.29) is 6.04 Å². The van der Waals surface area contributed by atoms with Gasteiger partial charge in [0.05, 0.1) is 17.7 Å². The van der Waals surface area contributed by atoms with Crippen molar-refractivity contribution in [2.24, 2.45) is 0 Å². The lowest BCUT2D eigenvalue weighted by Gasteiger charge is -2.23. The summed E-state index contributed by atoms with van der Waals surface area (Å²) in [5, 5.41) is 16.6. The Kier molecular flexibility index (Phi) is 5.99. The molecule has 2 heterocycles. The minimum absolute atomic E-state index is 0.385. The fourth-order valence-corrected chi connectivity index (χ4v) is 4.60. The Morgan fingerprint density at radius 3 is 2.45 bits per heavy atom. The van der Waals surface area contributed by atoms with E-state index in [9.17, 15) is 14.4 Å². The molecule has 8 heteroatoms. The van der Waals surface area contributed by atoms with E-state index in [0.717, 1.165) is 20.9 Å². The first-order valence-corrected chi connectivity index (χ1v) is 11.2. The second-order valence-corrected chi connectivity index (χ2v) is 9.04. The third kappa shape index (κ3) is 4.36. The Balaban J connectivity index is 1.52. The molecule has 1 aliphatic heterocycles. The number of hydrogen-bond acceptors (Lipinski definition) is 5. The third-order valence-electron chi connectivity index (χ3n) is 5.71. The topological polar surface area (TPSA) is 102 Å². The lowest BCUT2D eigenvalue weighted by atomic mass is 9.91. The zero-order valence-corrected chi connectivity index (χ0v) is 19.0. The number of benzene rings is 2. The van der Waals surface area contributed by atoms with Crippen molar-refractivity contribution in [3.63, 3.8) is 0 Å². The molecule has 1 aromatic heterocycles. The Hall–Kier alpha value is -3.96. The molecule has 2 atom stereocenters. The molecule has 3 aromatic rings. The van der Waals surface area contributed by atoms with Crippen molar-refractivity contribution < 1.29 is 14.4 Å². The summed E-state index contributed by atoms with van der Waals surface area (Å²) in [6.07, 6.45) is 0. The van der Waals surface area contributed by atoms with Gasteiger partial charge in [-0.1, -0.05) is 48.0 Å². The number of amides is 4. The van der Waals surface area contributed by atoms with Gasteiger partial charge in [-0.2, -0.15) is 5.26 Å². The van der Waals surface area contributed by atoms with E-state index in [2.05, 4.69) is 10.6 Å². The van der Waals surface area contributed by atoms with E-state index in [4.69, 9.17) is 5.26 Å². The highest BCUT2D eigenvalue weighted by molar-refractivity contribution is 7.10. The van der Waals surface area contributed by atoms with Crippen LogP contribution in [-0.2, 0) is 15.1 Å². The van der Waals surface area contributed by atoms with Crippen LogP contribution < -0.4 is 10.6 Å². The minimum atomic E-state index is -1.31. The van der Waals surface area contributed by atoms with E-state index in [1.165, 1.54) is 11.3 Å². The van der Waals surface area contributed by atoms with Gasteiger partial charge in [0, 0.05) is 4.88 Å². The zero-order chi connectivity index (χ0) is 23.6. The highest BCUT2D eigenvalue weighted by Gasteiger charge is 2.49. The minimum Gasteiger partial charge on any atom is -0.343 e. The molecule has 0 spiro atoms. The second-order valence-electron chi connectivity index (χ2n) is 8.06. The Morgan fingerprint density at radius 1 is 1.15 bits per heavy atom. The first kappa shape index (κ1) is 22.2. The van der Waals surface area contributed by atoms with Gasteiger partial charge in [0.1, 0.15) is 12.1 Å². The SMILES string of the molecule is Cc1ccc(C(NC(=O)CN2C(=O)NC(C)(c3ccc(C#N)cc3)C2=O)c2cccs2)cc1. The van der Waals surface area contributed by atoms with Crippen molar-refractivity contribution in [2.75, 3.05) is 6.54 Å². The summed E-state index contributed by atoms with van der Waals surface area (Å²) >= 11 is 1.52. The summed E-state index contributed by atoms with van der Waals surface area (Å²) in [4.78, 5) is 40.6. The molecule has 4 amide bonds. The van der Waals surface area contributed by atoms with Crippen LogP contribution in [0.25, 0.3) is 0 Å². The highest BCUT2D eigenvalue weighted by atomic mass is 32.1. The molecule has 1 saturated heterocycles. The fraction of sp³-hybridized carbons (Fsp3) is 0.200. The number of nitriles is 1. The molecule has 2 N–H and O–H groups in total. The number of aryl methyl sites for hydroxylation is 1. The summed E-state index contributed by atoms with van der Waals surface area (Å²) in [6.45, 7) is 3.18. The lowest BCUT2D eigenvalue weighted by molar-refractivity contribution is -0.135. The molecule has 2 unspecified atom stereocenters. The van der Waals surface area contributed by atoms with Crippen LogP contribution in [0.2, 0.25) is 0 Å². The maximum absolute atomic E-state index is 13.1. The third-order valence-corrected chi connectivity index (χ3v) is 6.65. The average Bonchev–Trinajstić information content (AvgIpc) is 3.42. The largest absolute Gasteiger partial charge is 0.343 e. The van der Waals surface area contributed by atoms with Crippen molar-refractivity contribution >= 4 is 29.2 Å². The van der Waals surface area contributed by atoms with Crippen LogP contribution in [0.4, 0.5) is 4.79 Å². The predicted octanol–water partition coefficient (Wildman–Crippen LogP) is 3.60. The van der Waals surface area contributed by atoms with Gasteiger partial charge in [-0.3, -0.25) is 14.5 Å². The summed E-state index contributed by atoms with van der Waals surface area (Å²) in [5.74, 6) is -0.961. The van der Waals surface area contributed by atoms with Crippen LogP contribution in [-0.4, -0.2) is 29.3 Å². The maximum Gasteiger partial charge on any atom is 0.325 e. The number of rotatable bonds is 6. The summed E-state index contributed by atoms with van der Waals surface area (Å²) < 4.78 is 0. The van der Waals surface area contributed by atoms with Gasteiger partial charge in [-0.15, -0.1) is 11.3 Å². The smallest absolute Gasteiger partial charge is 0.325 e. The van der Waals surface area contributed by atoms with Gasteiger partial charge in [0.15, 0.2) is 0 Å². The molecule has 1 fully saturated rings. The number of hydrogen-bond donors (Lipinski definition) is 2. The first-order valence-electron chi connectivity index (χ1n) is 10.4. The van der Waals surface area contributed by atoms with Crippen LogP contribution in [0.5, 0.6) is 0 Å². The number of carbonyl (C=O) groups excluding carboxylic acids is 3. The van der Waals surface area contributed by atoms with Gasteiger partial charge < -0.3 is 10.6 Å². The molecule has 0 aliphatic carbocycles. The molecule has 2 aromatic carbocycles. The van der Waals surface area contributed by atoms with E-state index in [1.54, 1.807) is 31.2 Å². The van der Waals surface area contributed by atoms with Gasteiger partial charge in [-0.25, -0.2) is 4.79 Å². The predicted molar refractivity (Wildman–Crippen MR) is 124 cm³/mol. The number of urea groups is 1. The molecule has 33 heavy (non-hydrogen) atoms. The van der Waals surface area contributed by atoms with Gasteiger partial charge in [-0.05, 0) is 48.6 Å². The number of nitrogens with zero attached hydrogens (tertiary/aromatic N) is 2. The molecular formula is C25H22N4O3S. The molecule has 166 valence electrons. The van der Waals surface area contributed by atoms with Crippen LogP contribution in [0.15, 0.2) is 66.0 Å². The molecular weight excluding hydrogens is 436 g/mol. The molecule has 0 radical (unpaired) electrons. The summed E-state index contributed by atoms with van der Waals surface area (Å²) in [5.41, 5.74) is 1.70. The number of thiophene rings is 1. The van der Waals surface area contributed by atoms with Crippen molar-refractivity contribution in [1.29, 1.82) is 5.26 Å². The van der Waals surface area contributed by atoms with Crippen LogP contribution in [0.3, 0.4) is 0 Å². The Morgan fingerprint density at radius 2 is 1.85 bits per heavy atom. The highest BCUT2D eigenvalue weighted by Crippen LogP contribution is 2.30. The monoisotopic (exact) mass is 458 g/mol. The second kappa shape index (κ2) is 8.88. The number of carbonyl (C=O) groups is 3. The number of imide groups is 1. The molecule has 7 nitrogen and oxygen atoms in total. The Bertz CT molecular complexity index is 1230. The van der Waals surface area contributed by atoms with E-state index in [1.807, 2.05) is 54.8 Å². The molecule has 1 aliphatic rings. The van der Waals surface area contributed by atoms with Crippen molar-refractivity contribution in [2.45, 2.75) is 25.4 Å². The Labute approximate surface area is 195 Å². The van der Waals surface area contributed by atoms with E-state index in [0.29, 0.717) is 11.1 Å². The maximum atomic E-state index is 13.1. The van der Waals surface area contributed by atoms with Gasteiger partial charge in [0.25, 0.3) is 5.91 Å². The summed E-state index contributed by atoms with van der Waals surface area (Å²) in [6, 6.07) is 19.1. The van der Waals surface area contributed by atoms with Gasteiger partial charge >= 0.3 is 6.03 Å². The first-order chi connectivity index (χ1) is 15.8. The molecule has 0 saturated carbocycles. The fourth-order valence-electron chi connectivity index (χ4n) is 3.80. The van der Waals surface area contributed by atoms with Crippen LogP contribution in [0, 0.1) is 18.3 Å². The lowest BCUT2D eigenvalue weighted by Crippen LogP contribution is -2.44. The standard InChI is InChI=1S/C25H22N4O3S/c1-16-5-9-18(10-6-16)22(20-4-3-13-33-20)27-21(30)15-29-23(31)25(2,28-24(29)32)19-11-7-17(14-26)8-12-19/h3-13,22H,15H2,1-2H3,(H,27,30)(H,28,32). The van der Waals surface area contributed by atoms with Crippen LogP contribution in [0.1, 0.15) is 40.1 Å². The van der Waals surface area contributed by atoms with Gasteiger partial charge in [0.2, 0.25) is 5.91 Å². The quantitative estimate of drug-likeness (QED) is 0.551. The average molecular weight is 459 g/mol. The van der Waals surface area contributed by atoms with Crippen molar-refractivity contribution in [3.05, 3.63) is 93.2 Å². The van der Waals surface area contributed by atoms with E-state index < -0.39 is 29.9 Å². The van der Waals surface area contributed by atoms with Crippen LogP contribution >= 0.6 is 11.3 Å². The number of nitrogens with one attached hydrogen (secondary N) is 2. The van der Waals surface area contributed by atoms with E-state index >= 15 is 0 Å². The van der Waals surface area contributed by atoms with Crippen molar-refractivity contribution in [1.82, 2.24) is 15.5 Å². The molecule has 0 bridgehead atoms. The summed E-state index contributed by atoms with van der Waals surface area (Å²) in [7, 11) is 0. The zero-order valence-electron chi connectivity index (χ0n) is 18.2. The molecule has 4 rings (SSSR count). The van der Waals surface area contributed by atoms with Crippen molar-refractivity contribution in [3.8, 4) is 6.07 Å². The normalized spacial score (nSPS) is 18.5.